The monoisotopic (exact) mass is 307 g/mol. The molecule has 0 unspecified atom stereocenters. The van der Waals surface area contributed by atoms with Crippen LogP contribution in [0.15, 0.2) is 22.7 Å². The van der Waals surface area contributed by atoms with Gasteiger partial charge in [-0.1, -0.05) is 27.5 Å². The standard InChI is InChI=1S/C10H11BrClNOS/c1-15-3-2-13-10(14)7-4-8(11)6-9(12)5-7/h4-6H,2-3H2,1H3,(H,13,14). The van der Waals surface area contributed by atoms with Crippen LogP contribution in [0.25, 0.3) is 0 Å². The fourth-order valence-corrected chi connectivity index (χ4v) is 2.22. The minimum absolute atomic E-state index is 0.0905. The van der Waals surface area contributed by atoms with Crippen molar-refractivity contribution >= 4 is 45.2 Å². The van der Waals surface area contributed by atoms with Gasteiger partial charge in [0.15, 0.2) is 0 Å². The van der Waals surface area contributed by atoms with Gasteiger partial charge in [-0.15, -0.1) is 0 Å². The van der Waals surface area contributed by atoms with Crippen molar-refractivity contribution in [3.8, 4) is 0 Å². The van der Waals surface area contributed by atoms with Gasteiger partial charge in [-0.3, -0.25) is 4.79 Å². The lowest BCUT2D eigenvalue weighted by atomic mass is 10.2. The third-order valence-corrected chi connectivity index (χ3v) is 3.00. The average molecular weight is 309 g/mol. The molecule has 15 heavy (non-hydrogen) atoms. The van der Waals surface area contributed by atoms with Gasteiger partial charge in [0.2, 0.25) is 0 Å². The molecule has 1 rings (SSSR count). The molecule has 2 nitrogen and oxygen atoms in total. The maximum absolute atomic E-state index is 11.6. The Hall–Kier alpha value is -0.190. The van der Waals surface area contributed by atoms with Crippen LogP contribution in [0.3, 0.4) is 0 Å². The summed E-state index contributed by atoms with van der Waals surface area (Å²) in [5.41, 5.74) is 0.579. The highest BCUT2D eigenvalue weighted by molar-refractivity contribution is 9.10. The van der Waals surface area contributed by atoms with Crippen molar-refractivity contribution in [3.63, 3.8) is 0 Å². The van der Waals surface area contributed by atoms with Crippen LogP contribution < -0.4 is 5.32 Å². The van der Waals surface area contributed by atoms with Gasteiger partial charge in [0.1, 0.15) is 0 Å². The van der Waals surface area contributed by atoms with E-state index in [9.17, 15) is 4.79 Å². The maximum atomic E-state index is 11.6. The van der Waals surface area contributed by atoms with E-state index in [0.717, 1.165) is 10.2 Å². The molecule has 0 fully saturated rings. The van der Waals surface area contributed by atoms with Crippen molar-refractivity contribution in [2.75, 3.05) is 18.6 Å². The molecule has 5 heteroatoms. The van der Waals surface area contributed by atoms with Gasteiger partial charge in [-0.05, 0) is 24.5 Å². The van der Waals surface area contributed by atoms with Crippen molar-refractivity contribution in [2.24, 2.45) is 0 Å². The molecule has 1 aromatic carbocycles. The first-order chi connectivity index (χ1) is 7.13. The van der Waals surface area contributed by atoms with E-state index in [4.69, 9.17) is 11.6 Å². The Morgan fingerprint density at radius 3 is 2.87 bits per heavy atom. The van der Waals surface area contributed by atoms with Crippen LogP contribution in [0.2, 0.25) is 5.02 Å². The number of rotatable bonds is 4. The number of hydrogen-bond acceptors (Lipinski definition) is 2. The quantitative estimate of drug-likeness (QED) is 0.866. The Balaban J connectivity index is 2.65. The molecule has 0 aliphatic rings. The molecule has 1 N–H and O–H groups in total. The summed E-state index contributed by atoms with van der Waals surface area (Å²) in [7, 11) is 0. The van der Waals surface area contributed by atoms with Gasteiger partial charge in [0, 0.05) is 27.4 Å². The largest absolute Gasteiger partial charge is 0.351 e. The molecule has 0 radical (unpaired) electrons. The highest BCUT2D eigenvalue weighted by atomic mass is 79.9. The second-order valence-electron chi connectivity index (χ2n) is 2.91. The van der Waals surface area contributed by atoms with E-state index in [1.165, 1.54) is 0 Å². The van der Waals surface area contributed by atoms with Gasteiger partial charge < -0.3 is 5.32 Å². The van der Waals surface area contributed by atoms with Crippen molar-refractivity contribution < 1.29 is 4.79 Å². The lowest BCUT2D eigenvalue weighted by molar-refractivity contribution is 0.0956. The minimum Gasteiger partial charge on any atom is -0.351 e. The first-order valence-electron chi connectivity index (χ1n) is 4.36. The van der Waals surface area contributed by atoms with E-state index < -0.39 is 0 Å². The number of nitrogens with one attached hydrogen (secondary N) is 1. The van der Waals surface area contributed by atoms with Crippen LogP contribution in [0.1, 0.15) is 10.4 Å². The second-order valence-corrected chi connectivity index (χ2v) is 5.24. The number of amides is 1. The first-order valence-corrected chi connectivity index (χ1v) is 6.93. The predicted octanol–water partition coefficient (Wildman–Crippen LogP) is 3.20. The lowest BCUT2D eigenvalue weighted by Gasteiger charge is -2.05. The molecule has 0 spiro atoms. The average Bonchev–Trinajstić information content (AvgIpc) is 2.16. The summed E-state index contributed by atoms with van der Waals surface area (Å²) in [5, 5.41) is 3.37. The number of thioether (sulfide) groups is 1. The summed E-state index contributed by atoms with van der Waals surface area (Å²) in [6.45, 7) is 0.671. The summed E-state index contributed by atoms with van der Waals surface area (Å²) in [6.07, 6.45) is 2.00. The molecular weight excluding hydrogens is 298 g/mol. The Morgan fingerprint density at radius 1 is 1.53 bits per heavy atom. The van der Waals surface area contributed by atoms with Crippen LogP contribution in [0.5, 0.6) is 0 Å². The van der Waals surface area contributed by atoms with E-state index in [-0.39, 0.29) is 5.91 Å². The fourth-order valence-electron chi connectivity index (χ4n) is 1.05. The van der Waals surface area contributed by atoms with Gasteiger partial charge in [0.05, 0.1) is 0 Å². The maximum Gasteiger partial charge on any atom is 0.251 e. The number of hydrogen-bond donors (Lipinski definition) is 1. The van der Waals surface area contributed by atoms with E-state index in [0.29, 0.717) is 17.1 Å². The van der Waals surface area contributed by atoms with Crippen molar-refractivity contribution in [1.29, 1.82) is 0 Å². The van der Waals surface area contributed by atoms with Crippen molar-refractivity contribution in [3.05, 3.63) is 33.3 Å². The highest BCUT2D eigenvalue weighted by Crippen LogP contribution is 2.19. The molecule has 0 atom stereocenters. The minimum atomic E-state index is -0.0905. The summed E-state index contributed by atoms with van der Waals surface area (Å²) >= 11 is 10.8. The number of carbonyl (C=O) groups excluding carboxylic acids is 1. The zero-order chi connectivity index (χ0) is 11.3. The second kappa shape index (κ2) is 6.40. The smallest absolute Gasteiger partial charge is 0.251 e. The molecule has 0 saturated carbocycles. The third kappa shape index (κ3) is 4.45. The van der Waals surface area contributed by atoms with E-state index in [1.807, 2.05) is 6.26 Å². The number of benzene rings is 1. The van der Waals surface area contributed by atoms with Crippen molar-refractivity contribution in [1.82, 2.24) is 5.32 Å². The fraction of sp³-hybridized carbons (Fsp3) is 0.300. The first kappa shape index (κ1) is 12.9. The Morgan fingerprint density at radius 2 is 2.27 bits per heavy atom. The summed E-state index contributed by atoms with van der Waals surface area (Å²) in [4.78, 5) is 11.6. The molecule has 0 heterocycles. The molecule has 1 amide bonds. The Bertz CT molecular complexity index is 339. The van der Waals surface area contributed by atoms with Crippen LogP contribution >= 0.6 is 39.3 Å². The summed E-state index contributed by atoms with van der Waals surface area (Å²) < 4.78 is 0.810. The molecule has 0 aliphatic heterocycles. The van der Waals surface area contributed by atoms with Crippen LogP contribution in [0.4, 0.5) is 0 Å². The highest BCUT2D eigenvalue weighted by Gasteiger charge is 2.06. The third-order valence-electron chi connectivity index (χ3n) is 1.72. The zero-order valence-corrected chi connectivity index (χ0v) is 11.4. The van der Waals surface area contributed by atoms with Crippen LogP contribution in [0, 0.1) is 0 Å². The SMILES string of the molecule is CSCCNC(=O)c1cc(Cl)cc(Br)c1. The summed E-state index contributed by atoms with van der Waals surface area (Å²) in [6, 6.07) is 5.15. The van der Waals surface area contributed by atoms with Crippen molar-refractivity contribution in [2.45, 2.75) is 0 Å². The van der Waals surface area contributed by atoms with Crippen LogP contribution in [-0.2, 0) is 0 Å². The Labute approximate surface area is 107 Å². The Kier molecular flexibility index (Phi) is 5.50. The van der Waals surface area contributed by atoms with Gasteiger partial charge in [-0.2, -0.15) is 11.8 Å². The lowest BCUT2D eigenvalue weighted by Crippen LogP contribution is -2.25. The van der Waals surface area contributed by atoms with E-state index in [2.05, 4.69) is 21.2 Å². The molecular formula is C10H11BrClNOS. The topological polar surface area (TPSA) is 29.1 Å². The van der Waals surface area contributed by atoms with E-state index in [1.54, 1.807) is 30.0 Å². The predicted molar refractivity (Wildman–Crippen MR) is 69.9 cm³/mol. The molecule has 1 aromatic rings. The molecule has 0 bridgehead atoms. The summed E-state index contributed by atoms with van der Waals surface area (Å²) in [5.74, 6) is 0.820. The van der Waals surface area contributed by atoms with Gasteiger partial charge in [-0.25, -0.2) is 0 Å². The molecule has 0 saturated heterocycles. The zero-order valence-electron chi connectivity index (χ0n) is 8.22. The molecule has 0 aromatic heterocycles. The van der Waals surface area contributed by atoms with Crippen LogP contribution in [-0.4, -0.2) is 24.5 Å². The van der Waals surface area contributed by atoms with Gasteiger partial charge >= 0.3 is 0 Å². The normalized spacial score (nSPS) is 10.1. The van der Waals surface area contributed by atoms with E-state index >= 15 is 0 Å². The number of carbonyl (C=O) groups is 1. The number of halogens is 2. The molecule has 0 aliphatic carbocycles. The molecule has 82 valence electrons. The van der Waals surface area contributed by atoms with Gasteiger partial charge in [0.25, 0.3) is 5.91 Å².